The molecule has 0 aliphatic heterocycles. The van der Waals surface area contributed by atoms with Crippen LogP contribution >= 0.6 is 0 Å². The summed E-state index contributed by atoms with van der Waals surface area (Å²) in [6.45, 7) is 0. The quantitative estimate of drug-likeness (QED) is 0.176. The minimum absolute atomic E-state index is 0.267. The molecule has 216 valence electrons. The monoisotopic (exact) mass is 654 g/mol. The van der Waals surface area contributed by atoms with Crippen LogP contribution in [-0.2, 0) is 0 Å². The molecule has 0 aliphatic carbocycles. The van der Waals surface area contributed by atoms with Gasteiger partial charge in [0.15, 0.2) is 0 Å². The van der Waals surface area contributed by atoms with Gasteiger partial charge in [-0.2, -0.15) is 0 Å². The van der Waals surface area contributed by atoms with E-state index in [4.69, 9.17) is 4.42 Å². The number of rotatable bonds is 4. The molecule has 0 aliphatic rings. The van der Waals surface area contributed by atoms with Gasteiger partial charge >= 0.3 is 266 Å². The van der Waals surface area contributed by atoms with E-state index in [1.807, 2.05) is 12.1 Å². The SMILES string of the molecule is c1ccc(-n2c3ccccc3c3cc(N(c4ccc5c(c4)oc4ccccc45)c4ccc5c(c4)[se]c4ccccc45)ccc32)cc1. The van der Waals surface area contributed by atoms with E-state index in [0.29, 0.717) is 0 Å². The average Bonchev–Trinajstić information content (AvgIpc) is 3.77. The zero-order valence-electron chi connectivity index (χ0n) is 24.7. The summed E-state index contributed by atoms with van der Waals surface area (Å²) >= 11 is 0.267. The topological polar surface area (TPSA) is 21.3 Å². The number of benzene rings is 7. The number of anilines is 3. The van der Waals surface area contributed by atoms with Crippen molar-refractivity contribution in [1.29, 1.82) is 0 Å². The van der Waals surface area contributed by atoms with Gasteiger partial charge in [0, 0.05) is 0 Å². The molecule has 4 heteroatoms. The maximum atomic E-state index is 6.38. The van der Waals surface area contributed by atoms with Gasteiger partial charge in [0.25, 0.3) is 0 Å². The molecular weight excluding hydrogens is 627 g/mol. The Hall–Kier alpha value is -5.54. The number of hydrogen-bond acceptors (Lipinski definition) is 2. The van der Waals surface area contributed by atoms with Crippen molar-refractivity contribution in [2.75, 3.05) is 4.90 Å². The molecule has 10 aromatic rings. The van der Waals surface area contributed by atoms with Gasteiger partial charge in [-0.25, -0.2) is 0 Å². The third kappa shape index (κ3) is 3.85. The first-order chi connectivity index (χ1) is 22.8. The second-order valence-corrected chi connectivity index (χ2v) is 14.1. The van der Waals surface area contributed by atoms with Gasteiger partial charge in [0.1, 0.15) is 0 Å². The molecule has 0 amide bonds. The summed E-state index contributed by atoms with van der Waals surface area (Å²) in [7, 11) is 0. The molecule has 0 unspecified atom stereocenters. The molecule has 0 spiro atoms. The van der Waals surface area contributed by atoms with Crippen LogP contribution in [0, 0.1) is 0 Å². The third-order valence-corrected chi connectivity index (χ3v) is 11.5. The Labute approximate surface area is 270 Å². The molecule has 0 N–H and O–H groups in total. The van der Waals surface area contributed by atoms with E-state index in [1.165, 1.54) is 41.1 Å². The Balaban J connectivity index is 1.23. The van der Waals surface area contributed by atoms with Crippen LogP contribution in [0.1, 0.15) is 0 Å². The Morgan fingerprint density at radius 3 is 1.91 bits per heavy atom. The van der Waals surface area contributed by atoms with E-state index in [2.05, 4.69) is 155 Å². The molecule has 3 aromatic heterocycles. The standard InChI is InChI=1S/C42H26N2OSe/c1-2-10-27(11-3-1)44-37-15-7-4-12-31(37)36-24-28(20-23-38(36)44)43(29-18-21-33-32-13-5-8-16-39(32)45-40(33)25-29)30-19-22-35-34-14-6-9-17-41(34)46-42(35)26-30/h1-26H. The molecular formula is C42H26N2OSe. The van der Waals surface area contributed by atoms with Crippen molar-refractivity contribution in [3.05, 3.63) is 158 Å². The number of para-hydroxylation sites is 3. The fourth-order valence-corrected chi connectivity index (χ4v) is 9.50. The van der Waals surface area contributed by atoms with Gasteiger partial charge in [-0.15, -0.1) is 0 Å². The predicted octanol–water partition coefficient (Wildman–Crippen LogP) is 11.5. The average molecular weight is 654 g/mol. The van der Waals surface area contributed by atoms with Crippen LogP contribution < -0.4 is 4.90 Å². The summed E-state index contributed by atoms with van der Waals surface area (Å²) in [6.07, 6.45) is 0. The third-order valence-electron chi connectivity index (χ3n) is 9.17. The van der Waals surface area contributed by atoms with Crippen molar-refractivity contribution in [2.45, 2.75) is 0 Å². The van der Waals surface area contributed by atoms with E-state index < -0.39 is 0 Å². The van der Waals surface area contributed by atoms with Gasteiger partial charge in [-0.05, 0) is 0 Å². The minimum atomic E-state index is 0.267. The normalized spacial score (nSPS) is 11.9. The summed E-state index contributed by atoms with van der Waals surface area (Å²) in [5.41, 5.74) is 8.69. The van der Waals surface area contributed by atoms with Crippen molar-refractivity contribution in [2.24, 2.45) is 0 Å². The van der Waals surface area contributed by atoms with Crippen molar-refractivity contribution < 1.29 is 4.42 Å². The Morgan fingerprint density at radius 1 is 0.413 bits per heavy atom. The Kier molecular flexibility index (Phi) is 5.59. The number of hydrogen-bond donors (Lipinski definition) is 0. The molecule has 0 bridgehead atoms. The summed E-state index contributed by atoms with van der Waals surface area (Å²) in [4.78, 5) is 2.39. The first kappa shape index (κ1) is 25.8. The van der Waals surface area contributed by atoms with Crippen LogP contribution in [0.15, 0.2) is 162 Å². The molecule has 46 heavy (non-hydrogen) atoms. The van der Waals surface area contributed by atoms with Gasteiger partial charge in [0.2, 0.25) is 0 Å². The summed E-state index contributed by atoms with van der Waals surface area (Å²) in [5, 5.41) is 7.47. The predicted molar refractivity (Wildman–Crippen MR) is 195 cm³/mol. The summed E-state index contributed by atoms with van der Waals surface area (Å²) < 4.78 is 11.6. The van der Waals surface area contributed by atoms with E-state index in [-0.39, 0.29) is 14.5 Å². The first-order valence-electron chi connectivity index (χ1n) is 15.5. The first-order valence-corrected chi connectivity index (χ1v) is 17.2. The molecule has 10 rings (SSSR count). The van der Waals surface area contributed by atoms with Gasteiger partial charge in [-0.1, -0.05) is 6.07 Å². The van der Waals surface area contributed by atoms with Crippen molar-refractivity contribution in [3.8, 4) is 5.69 Å². The van der Waals surface area contributed by atoms with Gasteiger partial charge in [-0.3, -0.25) is 0 Å². The number of fused-ring (bicyclic) bond motifs is 9. The number of nitrogens with zero attached hydrogens (tertiary/aromatic N) is 2. The molecule has 0 saturated heterocycles. The van der Waals surface area contributed by atoms with E-state index in [1.54, 1.807) is 0 Å². The maximum absolute atomic E-state index is 6.38. The summed E-state index contributed by atoms with van der Waals surface area (Å²) in [5.74, 6) is 0. The summed E-state index contributed by atoms with van der Waals surface area (Å²) in [6, 6.07) is 57.0. The van der Waals surface area contributed by atoms with Crippen LogP contribution in [-0.4, -0.2) is 19.1 Å². The van der Waals surface area contributed by atoms with Crippen LogP contribution in [0.25, 0.3) is 68.7 Å². The Morgan fingerprint density at radius 2 is 1.02 bits per heavy atom. The van der Waals surface area contributed by atoms with Crippen molar-refractivity contribution >= 4 is 94.6 Å². The molecule has 0 saturated carbocycles. The second kappa shape index (κ2) is 9.98. The van der Waals surface area contributed by atoms with E-state index >= 15 is 0 Å². The number of furan rings is 1. The fraction of sp³-hybridized carbons (Fsp3) is 0. The van der Waals surface area contributed by atoms with E-state index in [9.17, 15) is 0 Å². The van der Waals surface area contributed by atoms with Crippen LogP contribution in [0.5, 0.6) is 0 Å². The van der Waals surface area contributed by atoms with Crippen molar-refractivity contribution in [1.82, 2.24) is 4.57 Å². The van der Waals surface area contributed by atoms with Gasteiger partial charge < -0.3 is 0 Å². The van der Waals surface area contributed by atoms with Crippen molar-refractivity contribution in [3.63, 3.8) is 0 Å². The van der Waals surface area contributed by atoms with E-state index in [0.717, 1.165) is 44.7 Å². The van der Waals surface area contributed by atoms with Crippen LogP contribution in [0.4, 0.5) is 17.1 Å². The fourth-order valence-electron chi connectivity index (χ4n) is 7.11. The number of aromatic nitrogens is 1. The van der Waals surface area contributed by atoms with Crippen LogP contribution in [0.3, 0.4) is 0 Å². The zero-order chi connectivity index (χ0) is 30.2. The molecule has 0 fully saturated rings. The Bertz CT molecular complexity index is 2650. The zero-order valence-corrected chi connectivity index (χ0v) is 26.4. The van der Waals surface area contributed by atoms with Crippen LogP contribution in [0.2, 0.25) is 0 Å². The second-order valence-electron chi connectivity index (χ2n) is 11.8. The molecule has 3 nitrogen and oxygen atoms in total. The molecule has 7 aromatic carbocycles. The molecule has 3 heterocycles. The van der Waals surface area contributed by atoms with Gasteiger partial charge in [0.05, 0.1) is 0 Å². The molecule has 0 atom stereocenters. The molecule has 0 radical (unpaired) electrons.